The maximum Gasteiger partial charge on any atom is 0.310 e. The maximum absolute atomic E-state index is 12.8. The lowest BCUT2D eigenvalue weighted by atomic mass is 10.0. The Morgan fingerprint density at radius 3 is 0.848 bits per heavy atom. The van der Waals surface area contributed by atoms with Gasteiger partial charge in [0.05, 0.1) is 6.42 Å². The molecule has 0 fully saturated rings. The second kappa shape index (κ2) is 66.6. The minimum Gasteiger partial charge on any atom is -0.462 e. The average Bonchev–Trinajstić information content (AvgIpc) is 3.45. The quantitative estimate of drug-likeness (QED) is 0.0261. The van der Waals surface area contributed by atoms with Crippen molar-refractivity contribution in [1.82, 2.24) is 0 Å². The Balaban J connectivity index is 4.28. The molecule has 0 aromatic rings. The van der Waals surface area contributed by atoms with Crippen LogP contribution < -0.4 is 0 Å². The van der Waals surface area contributed by atoms with Gasteiger partial charge < -0.3 is 14.2 Å². The normalized spacial score (nSPS) is 12.8. The highest BCUT2D eigenvalue weighted by molar-refractivity contribution is 5.72. The zero-order valence-corrected chi connectivity index (χ0v) is 51.9. The van der Waals surface area contributed by atoms with E-state index in [0.717, 1.165) is 96.3 Å². The topological polar surface area (TPSA) is 78.9 Å². The molecule has 0 aliphatic rings. The number of unbranched alkanes of at least 4 members (excludes halogenated alkanes) is 32. The van der Waals surface area contributed by atoms with Gasteiger partial charge in [-0.3, -0.25) is 14.4 Å². The van der Waals surface area contributed by atoms with E-state index in [4.69, 9.17) is 14.2 Å². The van der Waals surface area contributed by atoms with Gasteiger partial charge in [0.2, 0.25) is 0 Å². The summed E-state index contributed by atoms with van der Waals surface area (Å²) in [7, 11) is 0. The summed E-state index contributed by atoms with van der Waals surface area (Å²) in [5.74, 6) is -1.05. The standard InChI is InChI=1S/C73H124O6/c1-4-7-10-13-16-19-22-25-28-29-30-31-32-33-34-35-36-37-38-39-40-41-42-43-46-48-51-54-57-60-63-66-72(75)78-69-70(79-73(76)67-64-61-58-55-52-49-45-27-24-21-18-15-12-9-6-3)68-77-71(74)65-62-59-56-53-50-47-44-26-23-20-17-14-11-8-5-2/h9,12,18,21-22,25-27,29-30,32-33,44-45,52,55,61,64,70H,4-8,10-11,13-17,19-20,23-24,28,31,34-43,46-51,53-54,56-60,62-63,65-69H2,1-3H3/b12-9-,21-18-,25-22-,30-29-,33-32-,44-26-,45-27-,55-52-,64-61-. The monoisotopic (exact) mass is 1100 g/mol. The first kappa shape index (κ1) is 75.1. The molecule has 0 radical (unpaired) electrons. The van der Waals surface area contributed by atoms with Crippen LogP contribution in [0.15, 0.2) is 109 Å². The number of carbonyl (C=O) groups is 3. The number of ether oxygens (including phenoxy) is 3. The SMILES string of the molecule is CC/C=C\C/C=C\C/C=C\C/C=C\C/C=C\CC(=O)OC(COC(=O)CCCCCCC/C=C\CCCCCCCC)COC(=O)CCCCCCCCCCCCCCCCCC/C=C\C/C=C\C/C=C\CCCCCCC. The van der Waals surface area contributed by atoms with E-state index >= 15 is 0 Å². The highest BCUT2D eigenvalue weighted by atomic mass is 16.6. The molecule has 0 aliphatic carbocycles. The third kappa shape index (κ3) is 64.8. The van der Waals surface area contributed by atoms with Crippen LogP contribution in [0.2, 0.25) is 0 Å². The van der Waals surface area contributed by atoms with E-state index < -0.39 is 12.1 Å². The summed E-state index contributed by atoms with van der Waals surface area (Å²) < 4.78 is 16.8. The largest absolute Gasteiger partial charge is 0.462 e. The van der Waals surface area contributed by atoms with E-state index in [9.17, 15) is 14.4 Å². The number of hydrogen-bond donors (Lipinski definition) is 0. The van der Waals surface area contributed by atoms with Crippen molar-refractivity contribution >= 4 is 17.9 Å². The number of carbonyl (C=O) groups excluding carboxylic acids is 3. The molecule has 0 saturated carbocycles. The summed E-state index contributed by atoms with van der Waals surface area (Å²) in [5.41, 5.74) is 0. The Bertz CT molecular complexity index is 1590. The summed E-state index contributed by atoms with van der Waals surface area (Å²) in [6.07, 6.45) is 91.4. The molecular formula is C73H124O6. The van der Waals surface area contributed by atoms with Gasteiger partial charge in [0.15, 0.2) is 6.10 Å². The van der Waals surface area contributed by atoms with Gasteiger partial charge in [0, 0.05) is 12.8 Å². The summed E-state index contributed by atoms with van der Waals surface area (Å²) in [6, 6.07) is 0. The van der Waals surface area contributed by atoms with Crippen molar-refractivity contribution in [2.75, 3.05) is 13.2 Å². The molecule has 0 aromatic carbocycles. The van der Waals surface area contributed by atoms with Crippen LogP contribution in [-0.4, -0.2) is 37.2 Å². The van der Waals surface area contributed by atoms with Gasteiger partial charge >= 0.3 is 17.9 Å². The molecule has 452 valence electrons. The summed E-state index contributed by atoms with van der Waals surface area (Å²) >= 11 is 0. The predicted molar refractivity (Wildman–Crippen MR) is 343 cm³/mol. The number of allylic oxidation sites excluding steroid dienone is 17. The zero-order valence-electron chi connectivity index (χ0n) is 51.9. The molecule has 0 heterocycles. The van der Waals surface area contributed by atoms with Gasteiger partial charge in [-0.2, -0.15) is 0 Å². The summed E-state index contributed by atoms with van der Waals surface area (Å²) in [4.78, 5) is 38.2. The Labute approximate surface area is 489 Å². The van der Waals surface area contributed by atoms with Crippen LogP contribution >= 0.6 is 0 Å². The van der Waals surface area contributed by atoms with Crippen LogP contribution in [0, 0.1) is 0 Å². The Morgan fingerprint density at radius 1 is 0.278 bits per heavy atom. The predicted octanol–water partition coefficient (Wildman–Crippen LogP) is 23.0. The fourth-order valence-corrected chi connectivity index (χ4v) is 9.29. The van der Waals surface area contributed by atoms with Gasteiger partial charge in [-0.05, 0) is 109 Å². The molecule has 0 amide bonds. The van der Waals surface area contributed by atoms with Gasteiger partial charge in [-0.15, -0.1) is 0 Å². The first-order valence-electron chi connectivity index (χ1n) is 33.4. The highest BCUT2D eigenvalue weighted by Crippen LogP contribution is 2.16. The number of hydrogen-bond acceptors (Lipinski definition) is 6. The fourth-order valence-electron chi connectivity index (χ4n) is 9.29. The number of rotatable bonds is 60. The molecule has 79 heavy (non-hydrogen) atoms. The molecule has 0 bridgehead atoms. The molecule has 6 nitrogen and oxygen atoms in total. The molecule has 0 rings (SSSR count). The second-order valence-electron chi connectivity index (χ2n) is 22.0. The Morgan fingerprint density at radius 2 is 0.532 bits per heavy atom. The van der Waals surface area contributed by atoms with Crippen LogP contribution in [0.3, 0.4) is 0 Å². The van der Waals surface area contributed by atoms with E-state index in [0.29, 0.717) is 12.8 Å². The lowest BCUT2D eigenvalue weighted by molar-refractivity contribution is -0.166. The first-order chi connectivity index (χ1) is 39.0. The van der Waals surface area contributed by atoms with Crippen molar-refractivity contribution in [2.24, 2.45) is 0 Å². The molecular weight excluding hydrogens is 973 g/mol. The van der Waals surface area contributed by atoms with Crippen LogP contribution in [0.4, 0.5) is 0 Å². The highest BCUT2D eigenvalue weighted by Gasteiger charge is 2.19. The molecule has 0 aromatic heterocycles. The molecule has 0 N–H and O–H groups in total. The molecule has 6 heteroatoms. The third-order valence-electron chi connectivity index (χ3n) is 14.3. The van der Waals surface area contributed by atoms with Crippen LogP contribution in [-0.2, 0) is 28.6 Å². The Kier molecular flexibility index (Phi) is 63.3. The lowest BCUT2D eigenvalue weighted by Gasteiger charge is -2.18. The third-order valence-corrected chi connectivity index (χ3v) is 14.3. The summed E-state index contributed by atoms with van der Waals surface area (Å²) in [5, 5.41) is 0. The summed E-state index contributed by atoms with van der Waals surface area (Å²) in [6.45, 7) is 6.44. The number of esters is 3. The van der Waals surface area contributed by atoms with Gasteiger partial charge in [-0.25, -0.2) is 0 Å². The first-order valence-corrected chi connectivity index (χ1v) is 33.4. The molecule has 0 aliphatic heterocycles. The van der Waals surface area contributed by atoms with Crippen molar-refractivity contribution in [3.8, 4) is 0 Å². The van der Waals surface area contributed by atoms with Crippen LogP contribution in [0.1, 0.15) is 316 Å². The smallest absolute Gasteiger partial charge is 0.310 e. The van der Waals surface area contributed by atoms with E-state index in [1.54, 1.807) is 6.08 Å². The van der Waals surface area contributed by atoms with Gasteiger partial charge in [0.1, 0.15) is 13.2 Å². The second-order valence-corrected chi connectivity index (χ2v) is 22.0. The maximum atomic E-state index is 12.8. The van der Waals surface area contributed by atoms with E-state index in [-0.39, 0.29) is 31.6 Å². The molecule has 0 saturated heterocycles. The van der Waals surface area contributed by atoms with E-state index in [2.05, 4.69) is 118 Å². The van der Waals surface area contributed by atoms with E-state index in [1.807, 2.05) is 6.08 Å². The van der Waals surface area contributed by atoms with E-state index in [1.165, 1.54) is 180 Å². The van der Waals surface area contributed by atoms with Crippen molar-refractivity contribution in [3.05, 3.63) is 109 Å². The van der Waals surface area contributed by atoms with Crippen molar-refractivity contribution < 1.29 is 28.6 Å². The minimum absolute atomic E-state index is 0.0942. The molecule has 1 atom stereocenters. The van der Waals surface area contributed by atoms with Crippen molar-refractivity contribution in [3.63, 3.8) is 0 Å². The van der Waals surface area contributed by atoms with Crippen LogP contribution in [0.5, 0.6) is 0 Å². The van der Waals surface area contributed by atoms with Crippen LogP contribution in [0.25, 0.3) is 0 Å². The van der Waals surface area contributed by atoms with Gasteiger partial charge in [-0.1, -0.05) is 297 Å². The van der Waals surface area contributed by atoms with Gasteiger partial charge in [0.25, 0.3) is 0 Å². The van der Waals surface area contributed by atoms with Crippen molar-refractivity contribution in [1.29, 1.82) is 0 Å². The average molecular weight is 1100 g/mol. The Hall–Kier alpha value is -3.93. The molecule has 1 unspecified atom stereocenters. The lowest BCUT2D eigenvalue weighted by Crippen LogP contribution is -2.30. The van der Waals surface area contributed by atoms with Crippen molar-refractivity contribution in [2.45, 2.75) is 322 Å². The molecule has 0 spiro atoms. The fraction of sp³-hybridized carbons (Fsp3) is 0.712. The minimum atomic E-state index is -0.837. The zero-order chi connectivity index (χ0) is 57.1.